The highest BCUT2D eigenvalue weighted by Gasteiger charge is 2.39. The lowest BCUT2D eigenvalue weighted by molar-refractivity contribution is 0.0943. The van der Waals surface area contributed by atoms with Gasteiger partial charge in [0.1, 0.15) is 0 Å². The summed E-state index contributed by atoms with van der Waals surface area (Å²) < 4.78 is 0. The minimum absolute atomic E-state index is 0.00878. The van der Waals surface area contributed by atoms with Crippen LogP contribution in [0.5, 0.6) is 0 Å². The first-order valence-electron chi connectivity index (χ1n) is 11.8. The number of carbonyl (C=O) groups excluding carboxylic acids is 1. The first-order valence-corrected chi connectivity index (χ1v) is 11.8. The van der Waals surface area contributed by atoms with Gasteiger partial charge in [0, 0.05) is 24.7 Å². The van der Waals surface area contributed by atoms with Gasteiger partial charge >= 0.3 is 6.03 Å². The molecule has 2 heterocycles. The van der Waals surface area contributed by atoms with Crippen molar-refractivity contribution in [2.45, 2.75) is 43.6 Å². The summed E-state index contributed by atoms with van der Waals surface area (Å²) in [6.45, 7) is 0.608. The molecule has 1 fully saturated rings. The minimum Gasteiger partial charge on any atom is -0.327 e. The number of nitrogens with zero attached hydrogens (tertiary/aromatic N) is 2. The average Bonchev–Trinajstić information content (AvgIpc) is 3.07. The number of amides is 2. The highest BCUT2D eigenvalue weighted by atomic mass is 16.2. The van der Waals surface area contributed by atoms with Crippen molar-refractivity contribution in [1.82, 2.24) is 15.1 Å². The van der Waals surface area contributed by atoms with Crippen molar-refractivity contribution in [3.8, 4) is 0 Å². The van der Waals surface area contributed by atoms with Crippen LogP contribution in [-0.2, 0) is 6.54 Å². The van der Waals surface area contributed by atoms with Gasteiger partial charge < -0.3 is 10.2 Å². The molecule has 1 unspecified atom stereocenters. The number of fused-ring (bicyclic) bond motifs is 2. The predicted octanol–water partition coefficient (Wildman–Crippen LogP) is 5.39. The molecule has 1 saturated heterocycles. The van der Waals surface area contributed by atoms with Gasteiger partial charge in [0.25, 0.3) is 0 Å². The van der Waals surface area contributed by atoms with Crippen LogP contribution in [0.15, 0.2) is 103 Å². The lowest BCUT2D eigenvalue weighted by Crippen LogP contribution is -2.53. The van der Waals surface area contributed by atoms with Crippen LogP contribution in [-0.4, -0.2) is 41.0 Å². The van der Waals surface area contributed by atoms with Gasteiger partial charge in [-0.3, -0.25) is 4.90 Å². The Morgan fingerprint density at radius 2 is 1.33 bits per heavy atom. The highest BCUT2D eigenvalue weighted by Crippen LogP contribution is 2.33. The maximum Gasteiger partial charge on any atom is 0.318 e. The second-order valence-electron chi connectivity index (χ2n) is 9.13. The third-order valence-electron chi connectivity index (χ3n) is 7.06. The lowest BCUT2D eigenvalue weighted by atomic mass is 9.95. The normalized spacial score (nSPS) is 21.8. The zero-order chi connectivity index (χ0) is 22.6. The van der Waals surface area contributed by atoms with Gasteiger partial charge in [0.15, 0.2) is 0 Å². The molecule has 4 heteroatoms. The van der Waals surface area contributed by atoms with E-state index in [0.29, 0.717) is 18.6 Å². The number of likely N-dealkylation sites (N-methyl/N-ethyl adjacent to an activating group) is 1. The third-order valence-corrected chi connectivity index (χ3v) is 7.06. The van der Waals surface area contributed by atoms with Crippen LogP contribution < -0.4 is 5.32 Å². The number of hydrogen-bond acceptors (Lipinski definition) is 2. The maximum atomic E-state index is 13.9. The monoisotopic (exact) mass is 437 g/mol. The van der Waals surface area contributed by atoms with E-state index in [1.807, 2.05) is 54.6 Å². The van der Waals surface area contributed by atoms with E-state index in [4.69, 9.17) is 0 Å². The fraction of sp³-hybridized carbons (Fsp3) is 0.276. The zero-order valence-electron chi connectivity index (χ0n) is 19.0. The van der Waals surface area contributed by atoms with Crippen molar-refractivity contribution in [3.63, 3.8) is 0 Å². The smallest absolute Gasteiger partial charge is 0.318 e. The van der Waals surface area contributed by atoms with Crippen LogP contribution >= 0.6 is 0 Å². The molecular weight excluding hydrogens is 406 g/mol. The molecule has 2 amide bonds. The van der Waals surface area contributed by atoms with Crippen molar-refractivity contribution in [2.75, 3.05) is 7.05 Å². The second-order valence-corrected chi connectivity index (χ2v) is 9.13. The maximum absolute atomic E-state index is 13.9. The molecule has 3 aromatic rings. The van der Waals surface area contributed by atoms with Gasteiger partial charge in [-0.25, -0.2) is 4.79 Å². The molecule has 2 aliphatic rings. The van der Waals surface area contributed by atoms with Crippen LogP contribution in [0.3, 0.4) is 0 Å². The van der Waals surface area contributed by atoms with Gasteiger partial charge in [-0.1, -0.05) is 103 Å². The number of urea groups is 1. The molecule has 2 aliphatic heterocycles. The summed E-state index contributed by atoms with van der Waals surface area (Å²) in [7, 11) is 2.19. The van der Waals surface area contributed by atoms with E-state index in [0.717, 1.165) is 29.5 Å². The van der Waals surface area contributed by atoms with E-state index in [-0.39, 0.29) is 18.1 Å². The Kier molecular flexibility index (Phi) is 6.27. The predicted molar refractivity (Wildman–Crippen MR) is 133 cm³/mol. The summed E-state index contributed by atoms with van der Waals surface area (Å²) in [5.41, 5.74) is 3.33. The molecule has 0 radical (unpaired) electrons. The summed E-state index contributed by atoms with van der Waals surface area (Å²) in [5.74, 6) is 0. The molecule has 1 N–H and O–H groups in total. The first-order chi connectivity index (χ1) is 16.2. The average molecular weight is 438 g/mol. The Hall–Kier alpha value is -3.37. The number of piperidine rings is 1. The van der Waals surface area contributed by atoms with Crippen molar-refractivity contribution < 1.29 is 4.79 Å². The van der Waals surface area contributed by atoms with Gasteiger partial charge in [-0.05, 0) is 36.6 Å². The van der Waals surface area contributed by atoms with E-state index in [9.17, 15) is 4.79 Å². The van der Waals surface area contributed by atoms with Gasteiger partial charge in [0.05, 0.1) is 6.04 Å². The fourth-order valence-corrected chi connectivity index (χ4v) is 5.18. The number of hydrogen-bond donors (Lipinski definition) is 1. The Morgan fingerprint density at radius 1 is 0.848 bits per heavy atom. The van der Waals surface area contributed by atoms with E-state index in [2.05, 4.69) is 70.7 Å². The second kappa shape index (κ2) is 9.63. The molecule has 2 bridgehead atoms. The number of nitrogens with one attached hydrogen (secondary N) is 1. The summed E-state index contributed by atoms with van der Waals surface area (Å²) in [6, 6.07) is 31.6. The van der Waals surface area contributed by atoms with E-state index in [1.54, 1.807) is 0 Å². The van der Waals surface area contributed by atoms with Crippen LogP contribution in [0.4, 0.5) is 4.79 Å². The lowest BCUT2D eigenvalue weighted by Gasteiger charge is -2.42. The molecule has 0 spiro atoms. The summed E-state index contributed by atoms with van der Waals surface area (Å²) in [5, 5.41) is 3.38. The Morgan fingerprint density at radius 3 is 1.85 bits per heavy atom. The Bertz CT molecular complexity index is 1030. The van der Waals surface area contributed by atoms with E-state index in [1.165, 1.54) is 0 Å². The van der Waals surface area contributed by atoms with Gasteiger partial charge in [0.2, 0.25) is 0 Å². The van der Waals surface area contributed by atoms with Crippen LogP contribution in [0.1, 0.15) is 35.6 Å². The standard InChI is InChI=1S/C29H31N3O/c1-31-25-17-18-26(31)20-27(19-25)32(21-22-11-5-2-6-12-22)29(33)30-28(23-13-7-3-8-14-23)24-15-9-4-10-16-24/h2-18,25-28H,19-21H2,1H3,(H,30,33)/t25-,26+,27?. The van der Waals surface area contributed by atoms with E-state index < -0.39 is 0 Å². The van der Waals surface area contributed by atoms with Crippen molar-refractivity contribution >= 4 is 6.03 Å². The van der Waals surface area contributed by atoms with Gasteiger partial charge in [-0.15, -0.1) is 0 Å². The Labute approximate surface area is 196 Å². The molecular formula is C29H31N3O. The first kappa shape index (κ1) is 21.5. The highest BCUT2D eigenvalue weighted by molar-refractivity contribution is 5.76. The molecule has 0 aliphatic carbocycles. The molecule has 5 rings (SSSR count). The molecule has 3 aromatic carbocycles. The molecule has 168 valence electrons. The molecule has 33 heavy (non-hydrogen) atoms. The van der Waals surface area contributed by atoms with E-state index >= 15 is 0 Å². The summed E-state index contributed by atoms with van der Waals surface area (Å²) >= 11 is 0. The zero-order valence-corrected chi connectivity index (χ0v) is 19.0. The molecule has 3 atom stereocenters. The summed E-state index contributed by atoms with van der Waals surface area (Å²) in [6.07, 6.45) is 6.54. The molecule has 0 aromatic heterocycles. The Balaban J connectivity index is 1.43. The summed E-state index contributed by atoms with van der Waals surface area (Å²) in [4.78, 5) is 18.4. The third kappa shape index (κ3) is 4.71. The quantitative estimate of drug-likeness (QED) is 0.525. The topological polar surface area (TPSA) is 35.6 Å². The number of carbonyl (C=O) groups is 1. The SMILES string of the molecule is CN1[C@@H]2C=C[C@H]1CC(N(Cc1ccccc1)C(=O)NC(c1ccccc1)c1ccccc1)C2. The minimum atomic E-state index is -0.195. The number of benzene rings is 3. The number of rotatable bonds is 6. The van der Waals surface area contributed by atoms with Crippen molar-refractivity contribution in [2.24, 2.45) is 0 Å². The van der Waals surface area contributed by atoms with Crippen LogP contribution in [0.25, 0.3) is 0 Å². The molecule has 0 saturated carbocycles. The van der Waals surface area contributed by atoms with Crippen molar-refractivity contribution in [3.05, 3.63) is 120 Å². The largest absolute Gasteiger partial charge is 0.327 e. The van der Waals surface area contributed by atoms with Crippen LogP contribution in [0, 0.1) is 0 Å². The molecule has 4 nitrogen and oxygen atoms in total. The van der Waals surface area contributed by atoms with Gasteiger partial charge in [-0.2, -0.15) is 0 Å². The van der Waals surface area contributed by atoms with Crippen LogP contribution in [0.2, 0.25) is 0 Å². The van der Waals surface area contributed by atoms with Crippen molar-refractivity contribution in [1.29, 1.82) is 0 Å². The fourth-order valence-electron chi connectivity index (χ4n) is 5.18.